The van der Waals surface area contributed by atoms with Crippen molar-refractivity contribution >= 4 is 14.2 Å². The summed E-state index contributed by atoms with van der Waals surface area (Å²) >= 11 is 0. The van der Waals surface area contributed by atoms with Gasteiger partial charge < -0.3 is 20.1 Å². The minimum Gasteiger partial charge on any atom is -0.427 e. The van der Waals surface area contributed by atoms with Crippen LogP contribution in [0.5, 0.6) is 0 Å². The molecule has 24 heavy (non-hydrogen) atoms. The fourth-order valence-corrected chi connectivity index (χ4v) is 3.20. The van der Waals surface area contributed by atoms with Crippen molar-refractivity contribution in [3.8, 4) is 0 Å². The third-order valence-corrected chi connectivity index (χ3v) is 4.91. The molecule has 0 aromatic rings. The Morgan fingerprint density at radius 3 is 1.08 bits per heavy atom. The Kier molecular flexibility index (Phi) is 17.8. The lowest BCUT2D eigenvalue weighted by Crippen LogP contribution is -2.33. The lowest BCUT2D eigenvalue weighted by molar-refractivity contribution is 0.351. The molecule has 0 spiro atoms. The number of rotatable bonds is 18. The lowest BCUT2D eigenvalue weighted by Gasteiger charge is -2.13. The summed E-state index contributed by atoms with van der Waals surface area (Å²) in [5, 5.41) is 36.1. The minimum atomic E-state index is -1.64. The third kappa shape index (κ3) is 15.5. The SMILES string of the molecule is CCCCCCCCCCCCCCCCCC(B(O)O)B(O)O. The van der Waals surface area contributed by atoms with E-state index in [1.54, 1.807) is 0 Å². The monoisotopic (exact) mass is 342 g/mol. The van der Waals surface area contributed by atoms with Crippen molar-refractivity contribution in [3.63, 3.8) is 0 Å². The van der Waals surface area contributed by atoms with Gasteiger partial charge in [0.25, 0.3) is 0 Å². The predicted octanol–water partition coefficient (Wildman–Crippen LogP) is 4.10. The maximum atomic E-state index is 9.03. The normalized spacial score (nSPS) is 11.2. The van der Waals surface area contributed by atoms with E-state index in [2.05, 4.69) is 6.92 Å². The first kappa shape index (κ1) is 24.0. The van der Waals surface area contributed by atoms with E-state index in [-0.39, 0.29) is 0 Å². The largest absolute Gasteiger partial charge is 0.452 e. The van der Waals surface area contributed by atoms with Crippen LogP contribution in [0.1, 0.15) is 110 Å². The summed E-state index contributed by atoms with van der Waals surface area (Å²) in [6.45, 7) is 2.26. The third-order valence-electron chi connectivity index (χ3n) is 4.91. The van der Waals surface area contributed by atoms with E-state index in [0.717, 1.165) is 19.3 Å². The van der Waals surface area contributed by atoms with Gasteiger partial charge in [0.2, 0.25) is 0 Å². The molecule has 0 radical (unpaired) electrons. The molecular weight excluding hydrogens is 302 g/mol. The summed E-state index contributed by atoms with van der Waals surface area (Å²) in [7, 11) is -3.28. The fourth-order valence-electron chi connectivity index (χ4n) is 3.20. The Bertz CT molecular complexity index is 245. The minimum absolute atomic E-state index is 0.452. The first-order valence-electron chi connectivity index (χ1n) is 10.3. The Hall–Kier alpha value is -0.0301. The van der Waals surface area contributed by atoms with Crippen LogP contribution < -0.4 is 0 Å². The first-order chi connectivity index (χ1) is 11.6. The Morgan fingerprint density at radius 1 is 0.500 bits per heavy atom. The van der Waals surface area contributed by atoms with E-state index in [9.17, 15) is 0 Å². The van der Waals surface area contributed by atoms with Crippen molar-refractivity contribution in [2.45, 2.75) is 115 Å². The zero-order chi connectivity index (χ0) is 18.0. The molecule has 0 saturated heterocycles. The molecule has 6 heteroatoms. The standard InChI is InChI=1S/C18H40B2O4/c1-2-3-4-5-6-7-8-9-10-11-12-13-14-15-16-17-18(19(21)22)20(23)24/h18,21-24H,2-17H2,1H3. The molecule has 4 nitrogen and oxygen atoms in total. The van der Waals surface area contributed by atoms with E-state index in [0.29, 0.717) is 6.42 Å². The molecule has 0 atom stereocenters. The van der Waals surface area contributed by atoms with Gasteiger partial charge in [0.1, 0.15) is 0 Å². The van der Waals surface area contributed by atoms with Gasteiger partial charge in [-0.25, -0.2) is 0 Å². The van der Waals surface area contributed by atoms with Crippen molar-refractivity contribution in [1.82, 2.24) is 0 Å². The molecule has 4 N–H and O–H groups in total. The van der Waals surface area contributed by atoms with Gasteiger partial charge >= 0.3 is 14.2 Å². The molecule has 0 unspecified atom stereocenters. The summed E-state index contributed by atoms with van der Waals surface area (Å²) in [4.78, 5) is 0. The molecule has 0 bridgehead atoms. The zero-order valence-electron chi connectivity index (χ0n) is 15.8. The molecular formula is C18H40B2O4. The molecule has 142 valence electrons. The van der Waals surface area contributed by atoms with Crippen molar-refractivity contribution in [1.29, 1.82) is 0 Å². The molecule has 0 rings (SSSR count). The van der Waals surface area contributed by atoms with Crippen LogP contribution in [0.2, 0.25) is 5.72 Å². The van der Waals surface area contributed by atoms with Crippen molar-refractivity contribution < 1.29 is 20.1 Å². The Morgan fingerprint density at radius 2 is 0.792 bits per heavy atom. The summed E-state index contributed by atoms with van der Waals surface area (Å²) in [5.74, 6) is 0. The number of hydrogen-bond acceptors (Lipinski definition) is 4. The highest BCUT2D eigenvalue weighted by molar-refractivity contribution is 6.64. The summed E-state index contributed by atoms with van der Waals surface area (Å²) in [6.07, 6.45) is 19.7. The molecule has 0 amide bonds. The van der Waals surface area contributed by atoms with E-state index >= 15 is 0 Å². The Balaban J connectivity index is 3.20. The van der Waals surface area contributed by atoms with Crippen LogP contribution in [0.15, 0.2) is 0 Å². The molecule has 0 fully saturated rings. The van der Waals surface area contributed by atoms with Gasteiger partial charge in [0.15, 0.2) is 0 Å². The maximum Gasteiger partial charge on any atom is 0.452 e. The van der Waals surface area contributed by atoms with E-state index < -0.39 is 20.0 Å². The van der Waals surface area contributed by atoms with Crippen molar-refractivity contribution in [2.24, 2.45) is 0 Å². The van der Waals surface area contributed by atoms with Gasteiger partial charge in [-0.1, -0.05) is 110 Å². The van der Waals surface area contributed by atoms with Gasteiger partial charge in [-0.2, -0.15) is 0 Å². The average molecular weight is 342 g/mol. The van der Waals surface area contributed by atoms with Crippen LogP contribution in [0, 0.1) is 0 Å². The molecule has 0 aromatic carbocycles. The van der Waals surface area contributed by atoms with Crippen LogP contribution in [0.3, 0.4) is 0 Å². The summed E-state index contributed by atoms with van der Waals surface area (Å²) in [5.41, 5.74) is -0.841. The van der Waals surface area contributed by atoms with Crippen molar-refractivity contribution in [3.05, 3.63) is 0 Å². The highest BCUT2D eigenvalue weighted by atomic mass is 16.4. The average Bonchev–Trinajstić information content (AvgIpc) is 2.53. The van der Waals surface area contributed by atoms with Crippen LogP contribution >= 0.6 is 0 Å². The Labute approximate surface area is 150 Å². The summed E-state index contributed by atoms with van der Waals surface area (Å²) in [6, 6.07) is 0. The van der Waals surface area contributed by atoms with Gasteiger partial charge in [0, 0.05) is 5.72 Å². The molecule has 0 saturated carbocycles. The molecule has 0 aliphatic rings. The number of hydrogen-bond donors (Lipinski definition) is 4. The molecule has 0 aliphatic carbocycles. The molecule has 0 aromatic heterocycles. The quantitative estimate of drug-likeness (QED) is 0.223. The second-order valence-corrected chi connectivity index (χ2v) is 7.23. The van der Waals surface area contributed by atoms with Crippen molar-refractivity contribution in [2.75, 3.05) is 0 Å². The smallest absolute Gasteiger partial charge is 0.427 e. The molecule has 0 heterocycles. The first-order valence-corrected chi connectivity index (χ1v) is 10.3. The maximum absolute atomic E-state index is 9.03. The van der Waals surface area contributed by atoms with Crippen LogP contribution in [-0.4, -0.2) is 34.3 Å². The van der Waals surface area contributed by atoms with E-state index in [4.69, 9.17) is 20.1 Å². The molecule has 0 aliphatic heterocycles. The topological polar surface area (TPSA) is 80.9 Å². The van der Waals surface area contributed by atoms with Crippen LogP contribution in [0.4, 0.5) is 0 Å². The van der Waals surface area contributed by atoms with Gasteiger partial charge in [-0.3, -0.25) is 0 Å². The van der Waals surface area contributed by atoms with E-state index in [1.807, 2.05) is 0 Å². The van der Waals surface area contributed by atoms with Crippen LogP contribution in [0.25, 0.3) is 0 Å². The highest BCUT2D eigenvalue weighted by Gasteiger charge is 2.33. The summed E-state index contributed by atoms with van der Waals surface area (Å²) < 4.78 is 0. The number of unbranched alkanes of at least 4 members (excludes halogenated alkanes) is 14. The highest BCUT2D eigenvalue weighted by Crippen LogP contribution is 2.19. The van der Waals surface area contributed by atoms with Gasteiger partial charge in [-0.15, -0.1) is 0 Å². The second kappa shape index (κ2) is 17.8. The lowest BCUT2D eigenvalue weighted by atomic mass is 9.51. The van der Waals surface area contributed by atoms with E-state index in [1.165, 1.54) is 77.0 Å². The predicted molar refractivity (Wildman–Crippen MR) is 104 cm³/mol. The van der Waals surface area contributed by atoms with Gasteiger partial charge in [0.05, 0.1) is 0 Å². The van der Waals surface area contributed by atoms with Gasteiger partial charge in [-0.05, 0) is 0 Å². The van der Waals surface area contributed by atoms with Crippen LogP contribution in [-0.2, 0) is 0 Å². The fraction of sp³-hybridized carbons (Fsp3) is 1.00. The second-order valence-electron chi connectivity index (χ2n) is 7.23. The zero-order valence-corrected chi connectivity index (χ0v) is 15.8.